The molecule has 0 saturated heterocycles. The molecule has 0 bridgehead atoms. The predicted octanol–water partition coefficient (Wildman–Crippen LogP) is -1.45. The van der Waals surface area contributed by atoms with E-state index in [9.17, 15) is 13.0 Å². The van der Waals surface area contributed by atoms with E-state index < -0.39 is 15.6 Å². The first-order valence-electron chi connectivity index (χ1n) is 4.67. The zero-order chi connectivity index (χ0) is 12.1. The maximum Gasteiger partial charge on any atom is 1.00 e. The van der Waals surface area contributed by atoms with Gasteiger partial charge in [0.2, 0.25) is 0 Å². The van der Waals surface area contributed by atoms with Crippen LogP contribution in [0.4, 0.5) is 0 Å². The number of aliphatic hydroxyl groups is 1. The van der Waals surface area contributed by atoms with Crippen LogP contribution in [-0.4, -0.2) is 23.5 Å². The normalized spacial score (nSPS) is 13.9. The number of allylic oxidation sites excluding steroid dienone is 3. The molecule has 16 heavy (non-hydrogen) atoms. The molecule has 0 saturated carbocycles. The third-order valence-corrected chi connectivity index (χ3v) is 2.54. The molecule has 6 heteroatoms. The first kappa shape index (κ1) is 18.7. The van der Waals surface area contributed by atoms with Crippen LogP contribution in [0, 0.1) is 0 Å². The standard InChI is InChI=1S/C10H18O4S.Na/c1-8(2)5-4-6-9(3)7-10(11)15(12,13)14;/h5,7,10-11H,4,6H2,1-3H3,(H,12,13,14);/q;+1/p-1/b9-7-;. The van der Waals surface area contributed by atoms with Gasteiger partial charge in [-0.15, -0.1) is 0 Å². The Morgan fingerprint density at radius 1 is 1.38 bits per heavy atom. The van der Waals surface area contributed by atoms with Gasteiger partial charge in [0, 0.05) is 0 Å². The average molecular weight is 256 g/mol. The molecule has 1 unspecified atom stereocenters. The largest absolute Gasteiger partial charge is 1.00 e. The van der Waals surface area contributed by atoms with Crippen LogP contribution in [0.25, 0.3) is 0 Å². The quantitative estimate of drug-likeness (QED) is 0.371. The maximum atomic E-state index is 10.4. The number of hydrogen-bond acceptors (Lipinski definition) is 4. The summed E-state index contributed by atoms with van der Waals surface area (Å²) in [6.45, 7) is 5.62. The molecule has 1 N–H and O–H groups in total. The van der Waals surface area contributed by atoms with Gasteiger partial charge in [-0.25, -0.2) is 8.42 Å². The summed E-state index contributed by atoms with van der Waals surface area (Å²) in [5, 5.41) is 8.97. The van der Waals surface area contributed by atoms with Crippen molar-refractivity contribution in [3.05, 3.63) is 23.3 Å². The van der Waals surface area contributed by atoms with E-state index >= 15 is 0 Å². The summed E-state index contributed by atoms with van der Waals surface area (Å²) >= 11 is 0. The van der Waals surface area contributed by atoms with Gasteiger partial charge >= 0.3 is 29.6 Å². The molecule has 0 aliphatic heterocycles. The van der Waals surface area contributed by atoms with E-state index in [1.54, 1.807) is 6.92 Å². The molecule has 0 amide bonds. The summed E-state index contributed by atoms with van der Waals surface area (Å²) in [4.78, 5) is 0. The van der Waals surface area contributed by atoms with Crippen LogP contribution in [0.2, 0.25) is 0 Å². The van der Waals surface area contributed by atoms with Gasteiger partial charge in [-0.1, -0.05) is 17.2 Å². The zero-order valence-corrected chi connectivity index (χ0v) is 13.0. The molecule has 0 aromatic rings. The Kier molecular flexibility index (Phi) is 9.87. The van der Waals surface area contributed by atoms with Crippen LogP contribution in [0.5, 0.6) is 0 Å². The van der Waals surface area contributed by atoms with Crippen LogP contribution in [0.15, 0.2) is 23.3 Å². The monoisotopic (exact) mass is 256 g/mol. The Hall–Kier alpha value is 0.350. The molecule has 88 valence electrons. The van der Waals surface area contributed by atoms with Crippen LogP contribution in [0.3, 0.4) is 0 Å². The zero-order valence-electron chi connectivity index (χ0n) is 10.2. The summed E-state index contributed by atoms with van der Waals surface area (Å²) in [5.74, 6) is 0. The van der Waals surface area contributed by atoms with Gasteiger partial charge in [0.05, 0.1) is 0 Å². The van der Waals surface area contributed by atoms with Gasteiger partial charge in [-0.05, 0) is 39.7 Å². The molecule has 0 spiro atoms. The van der Waals surface area contributed by atoms with Crippen molar-refractivity contribution in [3.8, 4) is 0 Å². The summed E-state index contributed by atoms with van der Waals surface area (Å²) in [6.07, 6.45) is 4.50. The van der Waals surface area contributed by atoms with Gasteiger partial charge in [-0.2, -0.15) is 0 Å². The van der Waals surface area contributed by atoms with Gasteiger partial charge in [0.25, 0.3) is 0 Å². The first-order valence-corrected chi connectivity index (χ1v) is 6.14. The predicted molar refractivity (Wildman–Crippen MR) is 58.1 cm³/mol. The molecule has 0 aliphatic rings. The van der Waals surface area contributed by atoms with Crippen molar-refractivity contribution in [2.75, 3.05) is 0 Å². The van der Waals surface area contributed by atoms with E-state index in [0.29, 0.717) is 12.0 Å². The average Bonchev–Trinajstić information content (AvgIpc) is 2.01. The second-order valence-electron chi connectivity index (χ2n) is 3.72. The molecule has 0 aromatic heterocycles. The van der Waals surface area contributed by atoms with Gasteiger partial charge in [0.1, 0.15) is 10.1 Å². The number of rotatable bonds is 5. The molecule has 0 fully saturated rings. The molecule has 4 nitrogen and oxygen atoms in total. The molecular formula is C10H17NaO4S. The smallest absolute Gasteiger partial charge is 0.746 e. The Bertz CT molecular complexity index is 353. The second kappa shape index (κ2) is 8.44. The van der Waals surface area contributed by atoms with Gasteiger partial charge < -0.3 is 9.66 Å². The van der Waals surface area contributed by atoms with Crippen LogP contribution >= 0.6 is 0 Å². The van der Waals surface area contributed by atoms with Crippen molar-refractivity contribution in [2.24, 2.45) is 0 Å². The summed E-state index contributed by atoms with van der Waals surface area (Å²) in [5.41, 5.74) is -0.0524. The van der Waals surface area contributed by atoms with Crippen molar-refractivity contribution in [1.29, 1.82) is 0 Å². The van der Waals surface area contributed by atoms with Gasteiger partial charge in [-0.3, -0.25) is 0 Å². The molecule has 0 aliphatic carbocycles. The molecule has 0 aromatic carbocycles. The van der Waals surface area contributed by atoms with E-state index in [-0.39, 0.29) is 29.6 Å². The third kappa shape index (κ3) is 9.57. The number of aliphatic hydroxyl groups excluding tert-OH is 1. The second-order valence-corrected chi connectivity index (χ2v) is 5.19. The van der Waals surface area contributed by atoms with E-state index in [1.807, 2.05) is 19.9 Å². The minimum Gasteiger partial charge on any atom is -0.746 e. The fourth-order valence-corrected chi connectivity index (χ4v) is 1.40. The minimum atomic E-state index is -4.63. The van der Waals surface area contributed by atoms with Crippen molar-refractivity contribution in [3.63, 3.8) is 0 Å². The fourth-order valence-electron chi connectivity index (χ4n) is 0.999. The molecule has 0 radical (unpaired) electrons. The maximum absolute atomic E-state index is 10.4. The summed E-state index contributed by atoms with van der Waals surface area (Å²) in [7, 11) is -4.63. The first-order chi connectivity index (χ1) is 6.73. The summed E-state index contributed by atoms with van der Waals surface area (Å²) < 4.78 is 31.2. The van der Waals surface area contributed by atoms with Crippen LogP contribution in [-0.2, 0) is 10.1 Å². The molecule has 0 heterocycles. The van der Waals surface area contributed by atoms with E-state index in [1.165, 1.54) is 5.57 Å². The van der Waals surface area contributed by atoms with Crippen molar-refractivity contribution < 1.29 is 47.6 Å². The topological polar surface area (TPSA) is 77.4 Å². The Morgan fingerprint density at radius 2 is 1.88 bits per heavy atom. The van der Waals surface area contributed by atoms with E-state index in [0.717, 1.165) is 12.5 Å². The summed E-state index contributed by atoms with van der Waals surface area (Å²) in [6, 6.07) is 0. The van der Waals surface area contributed by atoms with Crippen molar-refractivity contribution in [1.82, 2.24) is 0 Å². The van der Waals surface area contributed by atoms with Crippen LogP contribution in [0.1, 0.15) is 33.6 Å². The van der Waals surface area contributed by atoms with Crippen LogP contribution < -0.4 is 29.6 Å². The minimum absolute atomic E-state index is 0. The molecule has 1 atom stereocenters. The van der Waals surface area contributed by atoms with E-state index in [2.05, 4.69) is 0 Å². The third-order valence-electron chi connectivity index (χ3n) is 1.81. The fraction of sp³-hybridized carbons (Fsp3) is 0.600. The van der Waals surface area contributed by atoms with Crippen molar-refractivity contribution in [2.45, 2.75) is 39.0 Å². The van der Waals surface area contributed by atoms with Gasteiger partial charge in [0.15, 0.2) is 5.44 Å². The number of hydrogen-bond donors (Lipinski definition) is 1. The Balaban J connectivity index is 0. The molecule has 0 rings (SSSR count). The Labute approximate surface area is 119 Å². The SMILES string of the molecule is CC(C)=CCC/C(C)=C\C(O)S(=O)(=O)[O-].[Na+]. The Morgan fingerprint density at radius 3 is 2.25 bits per heavy atom. The van der Waals surface area contributed by atoms with Crippen molar-refractivity contribution >= 4 is 10.1 Å². The molecular weight excluding hydrogens is 239 g/mol. The van der Waals surface area contributed by atoms with E-state index in [4.69, 9.17) is 5.11 Å².